The summed E-state index contributed by atoms with van der Waals surface area (Å²) in [5, 5.41) is 0. The van der Waals surface area contributed by atoms with Gasteiger partial charge in [0, 0.05) is 51.2 Å². The third-order valence-corrected chi connectivity index (χ3v) is 6.17. The summed E-state index contributed by atoms with van der Waals surface area (Å²) in [6.07, 6.45) is 7.57. The molecule has 4 aliphatic rings. The highest BCUT2D eigenvalue weighted by atomic mass is 16.2. The van der Waals surface area contributed by atoms with E-state index < -0.39 is 0 Å². The van der Waals surface area contributed by atoms with Gasteiger partial charge in [0.05, 0.1) is 12.7 Å². The molecule has 140 valence electrons. The SMILES string of the molecule is O=C(CN1Cc2ccccc2C1)N1C[C@H]2CC[C@@H]1CN(c1cnccn1)C2. The van der Waals surface area contributed by atoms with Crippen molar-refractivity contribution in [1.29, 1.82) is 0 Å². The van der Waals surface area contributed by atoms with Crippen LogP contribution in [0.2, 0.25) is 0 Å². The number of carbonyl (C=O) groups excluding carboxylic acids is 1. The number of carbonyl (C=O) groups is 1. The zero-order chi connectivity index (χ0) is 18.2. The van der Waals surface area contributed by atoms with Crippen molar-refractivity contribution in [3.05, 3.63) is 54.0 Å². The lowest BCUT2D eigenvalue weighted by Crippen LogP contribution is -2.50. The van der Waals surface area contributed by atoms with E-state index in [1.165, 1.54) is 17.5 Å². The number of nitrogens with zero attached hydrogens (tertiary/aromatic N) is 5. The van der Waals surface area contributed by atoms with Crippen LogP contribution in [-0.2, 0) is 17.9 Å². The van der Waals surface area contributed by atoms with Crippen molar-refractivity contribution >= 4 is 11.7 Å². The van der Waals surface area contributed by atoms with Crippen molar-refractivity contribution in [3.63, 3.8) is 0 Å². The van der Waals surface area contributed by atoms with Crippen LogP contribution in [0.15, 0.2) is 42.9 Å². The predicted octanol–water partition coefficient (Wildman–Crippen LogP) is 1.92. The maximum atomic E-state index is 13.1. The van der Waals surface area contributed by atoms with Gasteiger partial charge in [-0.05, 0) is 29.9 Å². The Bertz CT molecular complexity index is 801. The minimum absolute atomic E-state index is 0.276. The van der Waals surface area contributed by atoms with Gasteiger partial charge in [0.1, 0.15) is 5.82 Å². The standard InChI is InChI=1S/C21H25N5O/c27-21(15-24-12-17-3-1-2-4-18(17)13-24)26-11-16-5-6-19(26)14-25(10-16)20-9-22-7-8-23-20/h1-4,7-9,16,19H,5-6,10-15H2/t16-,19+/m0/s1. The minimum Gasteiger partial charge on any atom is -0.353 e. The number of benzene rings is 1. The van der Waals surface area contributed by atoms with Crippen molar-refractivity contribution in [2.45, 2.75) is 32.0 Å². The van der Waals surface area contributed by atoms with Crippen LogP contribution < -0.4 is 4.90 Å². The summed E-state index contributed by atoms with van der Waals surface area (Å²) >= 11 is 0. The Balaban J connectivity index is 1.27. The Morgan fingerprint density at radius 2 is 1.85 bits per heavy atom. The second-order valence-corrected chi connectivity index (χ2v) is 8.03. The number of hydrogen-bond acceptors (Lipinski definition) is 5. The van der Waals surface area contributed by atoms with Crippen LogP contribution in [0, 0.1) is 5.92 Å². The molecule has 0 spiro atoms. The van der Waals surface area contributed by atoms with Gasteiger partial charge in [0.2, 0.25) is 5.91 Å². The van der Waals surface area contributed by atoms with Crippen LogP contribution in [0.3, 0.4) is 0 Å². The molecule has 2 atom stereocenters. The van der Waals surface area contributed by atoms with Crippen LogP contribution in [0.5, 0.6) is 0 Å². The van der Waals surface area contributed by atoms with Gasteiger partial charge < -0.3 is 9.80 Å². The summed E-state index contributed by atoms with van der Waals surface area (Å²) in [5.41, 5.74) is 2.72. The lowest BCUT2D eigenvalue weighted by atomic mass is 9.95. The fourth-order valence-electron chi connectivity index (χ4n) is 4.83. The second kappa shape index (κ2) is 6.93. The van der Waals surface area contributed by atoms with Crippen molar-refractivity contribution in [2.24, 2.45) is 5.92 Å². The van der Waals surface area contributed by atoms with Gasteiger partial charge in [-0.1, -0.05) is 24.3 Å². The molecular weight excluding hydrogens is 338 g/mol. The highest BCUT2D eigenvalue weighted by Gasteiger charge is 2.38. The zero-order valence-corrected chi connectivity index (χ0v) is 15.5. The lowest BCUT2D eigenvalue weighted by molar-refractivity contribution is -0.136. The number of hydrogen-bond donors (Lipinski definition) is 0. The van der Waals surface area contributed by atoms with Crippen LogP contribution >= 0.6 is 0 Å². The molecule has 3 fully saturated rings. The fourth-order valence-corrected chi connectivity index (χ4v) is 4.83. The third-order valence-electron chi connectivity index (χ3n) is 6.17. The van der Waals surface area contributed by atoms with Gasteiger partial charge in [-0.3, -0.25) is 14.7 Å². The van der Waals surface area contributed by atoms with E-state index in [0.717, 1.165) is 45.0 Å². The van der Waals surface area contributed by atoms with Crippen molar-refractivity contribution in [2.75, 3.05) is 31.1 Å². The molecule has 3 saturated heterocycles. The number of amides is 1. The molecule has 0 unspecified atom stereocenters. The van der Waals surface area contributed by atoms with Crippen molar-refractivity contribution in [1.82, 2.24) is 19.8 Å². The van der Waals surface area contributed by atoms with Gasteiger partial charge in [-0.2, -0.15) is 0 Å². The van der Waals surface area contributed by atoms with E-state index in [-0.39, 0.29) is 11.9 Å². The van der Waals surface area contributed by atoms with Gasteiger partial charge in [-0.25, -0.2) is 4.98 Å². The van der Waals surface area contributed by atoms with E-state index in [0.29, 0.717) is 12.5 Å². The van der Waals surface area contributed by atoms with Crippen LogP contribution in [0.1, 0.15) is 24.0 Å². The number of fused-ring (bicyclic) bond motifs is 5. The Hall–Kier alpha value is -2.47. The fraction of sp³-hybridized carbons (Fsp3) is 0.476. The first-order valence-electron chi connectivity index (χ1n) is 9.86. The summed E-state index contributed by atoms with van der Waals surface area (Å²) in [7, 11) is 0. The molecule has 4 aliphatic heterocycles. The Morgan fingerprint density at radius 1 is 1.04 bits per heavy atom. The highest BCUT2D eigenvalue weighted by Crippen LogP contribution is 2.30. The largest absolute Gasteiger partial charge is 0.353 e. The average Bonchev–Trinajstić information content (AvgIpc) is 2.88. The monoisotopic (exact) mass is 363 g/mol. The number of aromatic nitrogens is 2. The molecule has 2 bridgehead atoms. The normalized spacial score (nSPS) is 24.7. The Kier molecular flexibility index (Phi) is 4.28. The molecule has 1 aromatic heterocycles. The molecule has 0 saturated carbocycles. The summed E-state index contributed by atoms with van der Waals surface area (Å²) in [5.74, 6) is 1.72. The van der Waals surface area contributed by atoms with E-state index >= 15 is 0 Å². The van der Waals surface area contributed by atoms with Gasteiger partial charge in [0.15, 0.2) is 0 Å². The van der Waals surface area contributed by atoms with E-state index in [1.807, 2.05) is 6.20 Å². The molecule has 6 nitrogen and oxygen atoms in total. The predicted molar refractivity (Wildman–Crippen MR) is 103 cm³/mol. The van der Waals surface area contributed by atoms with Gasteiger partial charge in [-0.15, -0.1) is 0 Å². The smallest absolute Gasteiger partial charge is 0.237 e. The van der Waals surface area contributed by atoms with Crippen LogP contribution in [-0.4, -0.2) is 57.9 Å². The number of anilines is 1. The second-order valence-electron chi connectivity index (χ2n) is 8.03. The molecule has 2 aromatic rings. The van der Waals surface area contributed by atoms with Gasteiger partial charge >= 0.3 is 0 Å². The first-order valence-corrected chi connectivity index (χ1v) is 9.86. The Morgan fingerprint density at radius 3 is 2.59 bits per heavy atom. The Labute approximate surface area is 159 Å². The first-order chi connectivity index (χ1) is 13.3. The zero-order valence-electron chi connectivity index (χ0n) is 15.5. The maximum Gasteiger partial charge on any atom is 0.237 e. The van der Waals surface area contributed by atoms with E-state index in [1.54, 1.807) is 12.4 Å². The summed E-state index contributed by atoms with van der Waals surface area (Å²) in [6.45, 7) is 4.99. The van der Waals surface area contributed by atoms with Crippen LogP contribution in [0.4, 0.5) is 5.82 Å². The third kappa shape index (κ3) is 3.30. The molecule has 0 aliphatic carbocycles. The van der Waals surface area contributed by atoms with E-state index in [9.17, 15) is 4.79 Å². The molecule has 6 rings (SSSR count). The number of piperidine rings is 1. The summed E-state index contributed by atoms with van der Waals surface area (Å²) in [4.78, 5) is 28.5. The van der Waals surface area contributed by atoms with Crippen molar-refractivity contribution in [3.8, 4) is 0 Å². The maximum absolute atomic E-state index is 13.1. The molecular formula is C21H25N5O. The molecule has 5 heterocycles. The summed E-state index contributed by atoms with van der Waals surface area (Å²) < 4.78 is 0. The quantitative estimate of drug-likeness (QED) is 0.834. The summed E-state index contributed by atoms with van der Waals surface area (Å²) in [6, 6.07) is 8.79. The molecule has 1 aromatic carbocycles. The highest BCUT2D eigenvalue weighted by molar-refractivity contribution is 5.79. The molecule has 0 radical (unpaired) electrons. The minimum atomic E-state index is 0.276. The lowest BCUT2D eigenvalue weighted by Gasteiger charge is -2.37. The van der Waals surface area contributed by atoms with Crippen molar-refractivity contribution < 1.29 is 4.79 Å². The van der Waals surface area contributed by atoms with Gasteiger partial charge in [0.25, 0.3) is 0 Å². The molecule has 1 amide bonds. The molecule has 27 heavy (non-hydrogen) atoms. The van der Waals surface area contributed by atoms with E-state index in [4.69, 9.17) is 0 Å². The molecule has 6 heteroatoms. The topological polar surface area (TPSA) is 52.6 Å². The van der Waals surface area contributed by atoms with Crippen LogP contribution in [0.25, 0.3) is 0 Å². The molecule has 0 N–H and O–H groups in total. The average molecular weight is 363 g/mol. The first kappa shape index (κ1) is 16.7. The van der Waals surface area contributed by atoms with E-state index in [2.05, 4.69) is 48.9 Å². The number of rotatable bonds is 3.